The highest BCUT2D eigenvalue weighted by molar-refractivity contribution is 7.19. The van der Waals surface area contributed by atoms with Gasteiger partial charge in [0.05, 0.1) is 12.8 Å². The van der Waals surface area contributed by atoms with Crippen molar-refractivity contribution in [1.82, 2.24) is 14.6 Å². The lowest BCUT2D eigenvalue weighted by atomic mass is 10.2. The molecule has 0 aliphatic carbocycles. The number of nitrogens with zero attached hydrogens (tertiary/aromatic N) is 4. The number of hydrogen-bond acceptors (Lipinski definition) is 5. The van der Waals surface area contributed by atoms with Crippen LogP contribution in [-0.4, -0.2) is 21.7 Å². The maximum Gasteiger partial charge on any atom is 0.213 e. The van der Waals surface area contributed by atoms with Crippen LogP contribution in [0.3, 0.4) is 0 Å². The molecule has 3 rings (SSSR count). The van der Waals surface area contributed by atoms with Gasteiger partial charge in [0, 0.05) is 5.56 Å². The van der Waals surface area contributed by atoms with Crippen LogP contribution in [0.1, 0.15) is 11.4 Å². The number of aryl methyl sites for hydroxylation is 1. The zero-order chi connectivity index (χ0) is 13.4. The second-order valence-corrected chi connectivity index (χ2v) is 4.95. The molecule has 5 nitrogen and oxygen atoms in total. The number of fused-ring (bicyclic) bond motifs is 1. The Bertz CT molecular complexity index is 797. The molecule has 2 heterocycles. The van der Waals surface area contributed by atoms with Crippen molar-refractivity contribution in [2.75, 3.05) is 7.11 Å². The van der Waals surface area contributed by atoms with Crippen LogP contribution in [0, 0.1) is 18.3 Å². The summed E-state index contributed by atoms with van der Waals surface area (Å²) in [6.45, 7) is 1.81. The van der Waals surface area contributed by atoms with Gasteiger partial charge in [-0.1, -0.05) is 23.5 Å². The topological polar surface area (TPSA) is 63.2 Å². The molecule has 0 unspecified atom stereocenters. The van der Waals surface area contributed by atoms with Gasteiger partial charge in [-0.05, 0) is 19.1 Å². The molecular weight excluding hydrogens is 260 g/mol. The summed E-state index contributed by atoms with van der Waals surface area (Å²) in [5, 5.41) is 14.4. The van der Waals surface area contributed by atoms with E-state index in [1.807, 2.05) is 31.2 Å². The summed E-state index contributed by atoms with van der Waals surface area (Å²) in [5.74, 6) is 0.780. The maximum atomic E-state index is 9.10. The predicted molar refractivity (Wildman–Crippen MR) is 72.3 cm³/mol. The predicted octanol–water partition coefficient (Wildman–Crippen LogP) is 2.65. The first-order chi connectivity index (χ1) is 9.22. The summed E-state index contributed by atoms with van der Waals surface area (Å²) in [6.07, 6.45) is 0. The number of imidazole rings is 1. The minimum absolute atomic E-state index is 0.486. The van der Waals surface area contributed by atoms with E-state index in [0.29, 0.717) is 11.4 Å². The van der Waals surface area contributed by atoms with Crippen molar-refractivity contribution >= 4 is 16.3 Å². The lowest BCUT2D eigenvalue weighted by Crippen LogP contribution is -1.90. The number of benzene rings is 1. The van der Waals surface area contributed by atoms with Gasteiger partial charge in [-0.15, -0.1) is 0 Å². The Balaban J connectivity index is 2.16. The summed E-state index contributed by atoms with van der Waals surface area (Å²) in [5.41, 5.74) is 2.15. The van der Waals surface area contributed by atoms with Gasteiger partial charge in [-0.3, -0.25) is 0 Å². The number of ether oxygens (including phenoxy) is 1. The normalized spacial score (nSPS) is 10.6. The van der Waals surface area contributed by atoms with Crippen molar-refractivity contribution in [3.05, 3.63) is 35.7 Å². The Morgan fingerprint density at radius 3 is 3.00 bits per heavy atom. The molecule has 19 heavy (non-hydrogen) atoms. The fraction of sp³-hybridized carbons (Fsp3) is 0.154. The van der Waals surface area contributed by atoms with Crippen LogP contribution in [0.5, 0.6) is 5.75 Å². The summed E-state index contributed by atoms with van der Waals surface area (Å²) in [4.78, 5) is 5.07. The third-order valence-corrected chi connectivity index (χ3v) is 3.76. The van der Waals surface area contributed by atoms with E-state index in [0.717, 1.165) is 21.3 Å². The molecular formula is C13H10N4OS. The Hall–Kier alpha value is -2.39. The average molecular weight is 270 g/mol. The number of rotatable bonds is 2. The Labute approximate surface area is 113 Å². The van der Waals surface area contributed by atoms with E-state index < -0.39 is 0 Å². The smallest absolute Gasteiger partial charge is 0.213 e. The van der Waals surface area contributed by atoms with Crippen LogP contribution in [0.25, 0.3) is 15.5 Å². The molecule has 2 aromatic heterocycles. The van der Waals surface area contributed by atoms with E-state index in [2.05, 4.69) is 16.2 Å². The number of methoxy groups -OCH3 is 1. The molecule has 0 atom stereocenters. The van der Waals surface area contributed by atoms with E-state index in [-0.39, 0.29) is 0 Å². The first kappa shape index (κ1) is 11.7. The van der Waals surface area contributed by atoms with E-state index in [4.69, 9.17) is 10.00 Å². The zero-order valence-electron chi connectivity index (χ0n) is 10.4. The first-order valence-electron chi connectivity index (χ1n) is 5.63. The van der Waals surface area contributed by atoms with E-state index in [1.165, 1.54) is 11.3 Å². The van der Waals surface area contributed by atoms with E-state index in [1.54, 1.807) is 11.6 Å². The molecule has 94 valence electrons. The van der Waals surface area contributed by atoms with Gasteiger partial charge >= 0.3 is 0 Å². The molecule has 0 amide bonds. The standard InChI is InChI=1S/C13H10N4OS/c1-8-11(7-14)17-13(15-8)19-12(16-17)9-4-3-5-10(6-9)18-2/h3-6H,1-2H3. The molecule has 0 aliphatic heterocycles. The van der Waals surface area contributed by atoms with Crippen LogP contribution in [0.2, 0.25) is 0 Å². The van der Waals surface area contributed by atoms with E-state index >= 15 is 0 Å². The average Bonchev–Trinajstić information content (AvgIpc) is 2.95. The van der Waals surface area contributed by atoms with Crippen molar-refractivity contribution < 1.29 is 4.74 Å². The molecule has 0 saturated carbocycles. The van der Waals surface area contributed by atoms with Crippen LogP contribution in [-0.2, 0) is 0 Å². The highest BCUT2D eigenvalue weighted by Gasteiger charge is 2.14. The van der Waals surface area contributed by atoms with Gasteiger partial charge in [0.1, 0.15) is 16.8 Å². The van der Waals surface area contributed by atoms with Crippen LogP contribution in [0.15, 0.2) is 24.3 Å². The molecule has 0 N–H and O–H groups in total. The molecule has 0 radical (unpaired) electrons. The van der Waals surface area contributed by atoms with Crippen molar-refractivity contribution in [3.63, 3.8) is 0 Å². The highest BCUT2D eigenvalue weighted by atomic mass is 32.1. The van der Waals surface area contributed by atoms with Crippen LogP contribution >= 0.6 is 11.3 Å². The fourth-order valence-corrected chi connectivity index (χ4v) is 2.79. The van der Waals surface area contributed by atoms with Gasteiger partial charge in [-0.2, -0.15) is 14.9 Å². The lowest BCUT2D eigenvalue weighted by molar-refractivity contribution is 0.415. The number of hydrogen-bond donors (Lipinski definition) is 0. The second kappa shape index (κ2) is 4.37. The van der Waals surface area contributed by atoms with E-state index in [9.17, 15) is 0 Å². The zero-order valence-corrected chi connectivity index (χ0v) is 11.2. The minimum Gasteiger partial charge on any atom is -0.497 e. The number of nitriles is 1. The van der Waals surface area contributed by atoms with Crippen LogP contribution in [0.4, 0.5) is 0 Å². The summed E-state index contributed by atoms with van der Waals surface area (Å²) in [6, 6.07) is 9.79. The molecule has 0 saturated heterocycles. The molecule has 0 bridgehead atoms. The van der Waals surface area contributed by atoms with Gasteiger partial charge in [0.2, 0.25) is 4.96 Å². The summed E-state index contributed by atoms with van der Waals surface area (Å²) >= 11 is 1.45. The first-order valence-corrected chi connectivity index (χ1v) is 6.45. The summed E-state index contributed by atoms with van der Waals surface area (Å²) < 4.78 is 6.79. The van der Waals surface area contributed by atoms with Crippen molar-refractivity contribution in [2.24, 2.45) is 0 Å². The lowest BCUT2D eigenvalue weighted by Gasteiger charge is -2.00. The van der Waals surface area contributed by atoms with Gasteiger partial charge in [-0.25, -0.2) is 4.98 Å². The monoisotopic (exact) mass is 270 g/mol. The highest BCUT2D eigenvalue weighted by Crippen LogP contribution is 2.29. The SMILES string of the molecule is COc1cccc(-c2nn3c(C#N)c(C)nc3s2)c1. The van der Waals surface area contributed by atoms with Gasteiger partial charge in [0.25, 0.3) is 0 Å². The minimum atomic E-state index is 0.486. The third-order valence-electron chi connectivity index (χ3n) is 2.80. The quantitative estimate of drug-likeness (QED) is 0.718. The second-order valence-electron chi connectivity index (χ2n) is 3.99. The van der Waals surface area contributed by atoms with Gasteiger partial charge < -0.3 is 4.74 Å². The summed E-state index contributed by atoms with van der Waals surface area (Å²) in [7, 11) is 1.63. The molecule has 6 heteroatoms. The Kier molecular flexibility index (Phi) is 2.69. The molecule has 1 aromatic carbocycles. The van der Waals surface area contributed by atoms with Crippen molar-refractivity contribution in [1.29, 1.82) is 5.26 Å². The molecule has 0 fully saturated rings. The molecule has 0 aliphatic rings. The van der Waals surface area contributed by atoms with Crippen LogP contribution < -0.4 is 4.74 Å². The fourth-order valence-electron chi connectivity index (χ4n) is 1.85. The largest absolute Gasteiger partial charge is 0.497 e. The Morgan fingerprint density at radius 2 is 2.26 bits per heavy atom. The maximum absolute atomic E-state index is 9.10. The van der Waals surface area contributed by atoms with Crippen molar-refractivity contribution in [3.8, 4) is 22.4 Å². The van der Waals surface area contributed by atoms with Gasteiger partial charge in [0.15, 0.2) is 5.69 Å². The van der Waals surface area contributed by atoms with Crippen molar-refractivity contribution in [2.45, 2.75) is 6.92 Å². The molecule has 3 aromatic rings. The third kappa shape index (κ3) is 1.84. The molecule has 0 spiro atoms. The Morgan fingerprint density at radius 1 is 1.42 bits per heavy atom. The number of aromatic nitrogens is 3.